The summed E-state index contributed by atoms with van der Waals surface area (Å²) in [7, 11) is 0. The number of ether oxygens (including phenoxy) is 2. The number of benzene rings is 2. The van der Waals surface area contributed by atoms with Gasteiger partial charge in [0.1, 0.15) is 13.2 Å². The molecule has 0 saturated carbocycles. The summed E-state index contributed by atoms with van der Waals surface area (Å²) in [5, 5.41) is 33.8. The molecular formula is C34H45N3O8. The third-order valence-corrected chi connectivity index (χ3v) is 8.19. The van der Waals surface area contributed by atoms with Gasteiger partial charge >= 0.3 is 23.9 Å². The summed E-state index contributed by atoms with van der Waals surface area (Å²) in [6.45, 7) is 7.84. The highest BCUT2D eigenvalue weighted by atomic mass is 16.5. The van der Waals surface area contributed by atoms with Crippen LogP contribution in [0.3, 0.4) is 0 Å². The van der Waals surface area contributed by atoms with Crippen molar-refractivity contribution in [2.75, 3.05) is 31.7 Å². The van der Waals surface area contributed by atoms with E-state index in [4.69, 9.17) is 14.7 Å². The van der Waals surface area contributed by atoms with Crippen LogP contribution in [0.15, 0.2) is 54.6 Å². The van der Waals surface area contributed by atoms with Gasteiger partial charge in [-0.05, 0) is 82.2 Å². The molecule has 244 valence electrons. The first-order chi connectivity index (χ1) is 21.2. The van der Waals surface area contributed by atoms with Gasteiger partial charge in [-0.1, -0.05) is 44.2 Å². The molecule has 2 aromatic rings. The minimum Gasteiger partial charge on any atom is -0.481 e. The Labute approximate surface area is 264 Å². The number of carbonyl (C=O) groups is 4. The molecule has 11 nitrogen and oxygen atoms in total. The van der Waals surface area contributed by atoms with E-state index in [1.54, 1.807) is 45.0 Å². The molecule has 0 aromatic heterocycles. The number of esters is 2. The van der Waals surface area contributed by atoms with Crippen LogP contribution >= 0.6 is 0 Å². The summed E-state index contributed by atoms with van der Waals surface area (Å²) in [5.41, 5.74) is -2.05. The lowest BCUT2D eigenvalue weighted by Gasteiger charge is -2.40. The highest BCUT2D eigenvalue weighted by Gasteiger charge is 2.51. The van der Waals surface area contributed by atoms with Crippen LogP contribution in [-0.2, 0) is 23.9 Å². The zero-order valence-corrected chi connectivity index (χ0v) is 26.7. The van der Waals surface area contributed by atoms with Crippen molar-refractivity contribution in [2.24, 2.45) is 16.2 Å². The summed E-state index contributed by atoms with van der Waals surface area (Å²) in [4.78, 5) is 51.7. The second-order valence-electron chi connectivity index (χ2n) is 12.3. The number of carboxylic acid groups (broad SMARTS) is 1. The Balaban J connectivity index is 2.13. The molecule has 0 bridgehead atoms. The SMILES string of the molecule is CCC(C)(CC(C)(CC(C)(CC(C)c1ccccc1)C(=O)OCCO)C(=O)O)C(=O)OCCNC(=O)Nc1ccc(C#N)cc1. The lowest BCUT2D eigenvalue weighted by Crippen LogP contribution is -2.45. The summed E-state index contributed by atoms with van der Waals surface area (Å²) < 4.78 is 10.8. The smallest absolute Gasteiger partial charge is 0.319 e. The number of aliphatic hydroxyl groups is 1. The van der Waals surface area contributed by atoms with E-state index in [2.05, 4.69) is 10.6 Å². The molecule has 0 aliphatic carbocycles. The summed E-state index contributed by atoms with van der Waals surface area (Å²) in [6.07, 6.45) is 0.331. The molecule has 4 N–H and O–H groups in total. The maximum absolute atomic E-state index is 13.4. The standard InChI is InChI=1S/C34H45N3O8/c1-6-32(3,29(41)44-18-16-36-31(43)37-27-14-12-25(21-35)13-15-27)22-34(5,28(39)40)23-33(4,30(42)45-19-17-38)20-24(2)26-10-8-7-9-11-26/h7-15,24,38H,6,16-20,22-23H2,1-5H3,(H,39,40)(H2,36,37,43). The van der Waals surface area contributed by atoms with Gasteiger partial charge in [0.15, 0.2) is 0 Å². The van der Waals surface area contributed by atoms with E-state index in [9.17, 15) is 29.4 Å². The summed E-state index contributed by atoms with van der Waals surface area (Å²) >= 11 is 0. The number of carboxylic acids is 1. The normalized spacial score (nSPS) is 15.6. The minimum atomic E-state index is -1.52. The third-order valence-electron chi connectivity index (χ3n) is 8.19. The van der Waals surface area contributed by atoms with Gasteiger partial charge in [0.25, 0.3) is 0 Å². The monoisotopic (exact) mass is 623 g/mol. The number of nitriles is 1. The van der Waals surface area contributed by atoms with Gasteiger partial charge in [-0.2, -0.15) is 5.26 Å². The first-order valence-electron chi connectivity index (χ1n) is 15.0. The van der Waals surface area contributed by atoms with E-state index in [1.165, 1.54) is 6.92 Å². The first kappa shape index (κ1) is 36.8. The van der Waals surface area contributed by atoms with Crippen LogP contribution in [0.5, 0.6) is 0 Å². The molecule has 0 aliphatic rings. The number of nitrogens with one attached hydrogen (secondary N) is 2. The fourth-order valence-corrected chi connectivity index (χ4v) is 5.68. The molecule has 0 radical (unpaired) electrons. The van der Waals surface area contributed by atoms with Crippen molar-refractivity contribution in [3.63, 3.8) is 0 Å². The van der Waals surface area contributed by atoms with Crippen molar-refractivity contribution in [3.05, 3.63) is 65.7 Å². The number of hydrogen-bond donors (Lipinski definition) is 4. The van der Waals surface area contributed by atoms with Crippen molar-refractivity contribution in [3.8, 4) is 6.07 Å². The maximum atomic E-state index is 13.4. The Morgan fingerprint density at radius 3 is 2.02 bits per heavy atom. The zero-order valence-electron chi connectivity index (χ0n) is 26.7. The van der Waals surface area contributed by atoms with Crippen LogP contribution in [-0.4, -0.2) is 60.5 Å². The molecule has 4 unspecified atom stereocenters. The molecule has 4 atom stereocenters. The van der Waals surface area contributed by atoms with Gasteiger partial charge in [0, 0.05) is 5.69 Å². The molecule has 2 aromatic carbocycles. The van der Waals surface area contributed by atoms with Crippen LogP contribution in [0.25, 0.3) is 0 Å². The zero-order chi connectivity index (χ0) is 33.7. The van der Waals surface area contributed by atoms with Gasteiger partial charge in [0.2, 0.25) is 0 Å². The number of aliphatic hydroxyl groups excluding tert-OH is 1. The largest absolute Gasteiger partial charge is 0.481 e. The highest BCUT2D eigenvalue weighted by Crippen LogP contribution is 2.48. The molecule has 0 fully saturated rings. The Bertz CT molecular complexity index is 1340. The molecule has 0 spiro atoms. The van der Waals surface area contributed by atoms with Gasteiger partial charge < -0.3 is 30.3 Å². The lowest BCUT2D eigenvalue weighted by atomic mass is 9.62. The quantitative estimate of drug-likeness (QED) is 0.136. The number of aliphatic carboxylic acids is 1. The molecule has 0 aliphatic heterocycles. The number of anilines is 1. The second-order valence-corrected chi connectivity index (χ2v) is 12.3. The van der Waals surface area contributed by atoms with Crippen LogP contribution < -0.4 is 10.6 Å². The van der Waals surface area contributed by atoms with Crippen LogP contribution in [0.1, 0.15) is 77.3 Å². The lowest BCUT2D eigenvalue weighted by molar-refractivity contribution is -0.167. The number of nitrogens with zero attached hydrogens (tertiary/aromatic N) is 1. The van der Waals surface area contributed by atoms with E-state index in [0.29, 0.717) is 11.3 Å². The van der Waals surface area contributed by atoms with Gasteiger partial charge in [-0.15, -0.1) is 0 Å². The van der Waals surface area contributed by atoms with E-state index in [-0.39, 0.29) is 58.0 Å². The van der Waals surface area contributed by atoms with Crippen molar-refractivity contribution in [2.45, 2.75) is 66.2 Å². The average molecular weight is 624 g/mol. The average Bonchev–Trinajstić information content (AvgIpc) is 3.02. The Hall–Kier alpha value is -4.43. The topological polar surface area (TPSA) is 175 Å². The number of hydrogen-bond acceptors (Lipinski definition) is 8. The first-order valence-corrected chi connectivity index (χ1v) is 15.0. The van der Waals surface area contributed by atoms with E-state index in [1.807, 2.05) is 43.3 Å². The van der Waals surface area contributed by atoms with Gasteiger partial charge in [-0.25, -0.2) is 4.79 Å². The van der Waals surface area contributed by atoms with Crippen molar-refractivity contribution >= 4 is 29.6 Å². The molecular weight excluding hydrogens is 578 g/mol. The maximum Gasteiger partial charge on any atom is 0.319 e. The van der Waals surface area contributed by atoms with Crippen LogP contribution in [0, 0.1) is 27.6 Å². The number of amides is 2. The van der Waals surface area contributed by atoms with Crippen molar-refractivity contribution in [1.29, 1.82) is 5.26 Å². The fourth-order valence-electron chi connectivity index (χ4n) is 5.68. The van der Waals surface area contributed by atoms with Crippen molar-refractivity contribution < 1.29 is 38.9 Å². The summed E-state index contributed by atoms with van der Waals surface area (Å²) in [5.74, 6) is -2.50. The molecule has 0 heterocycles. The molecule has 11 heteroatoms. The van der Waals surface area contributed by atoms with Gasteiger partial charge in [-0.3, -0.25) is 14.4 Å². The predicted molar refractivity (Wildman–Crippen MR) is 168 cm³/mol. The highest BCUT2D eigenvalue weighted by molar-refractivity contribution is 5.89. The summed E-state index contributed by atoms with van der Waals surface area (Å²) in [6, 6.07) is 17.3. The van der Waals surface area contributed by atoms with Crippen molar-refractivity contribution in [1.82, 2.24) is 5.32 Å². The predicted octanol–water partition coefficient (Wildman–Crippen LogP) is 5.25. The van der Waals surface area contributed by atoms with E-state index < -0.39 is 40.2 Å². The minimum absolute atomic E-state index is 0.00991. The number of urea groups is 1. The van der Waals surface area contributed by atoms with E-state index >= 15 is 0 Å². The molecule has 2 rings (SSSR count). The number of rotatable bonds is 17. The fraction of sp³-hybridized carbons (Fsp3) is 0.500. The Morgan fingerprint density at radius 2 is 1.47 bits per heavy atom. The molecule has 0 saturated heterocycles. The number of carbonyl (C=O) groups excluding carboxylic acids is 3. The third kappa shape index (κ3) is 10.6. The van der Waals surface area contributed by atoms with E-state index in [0.717, 1.165) is 5.56 Å². The Morgan fingerprint density at radius 1 is 0.889 bits per heavy atom. The van der Waals surface area contributed by atoms with Crippen LogP contribution in [0.4, 0.5) is 10.5 Å². The second kappa shape index (κ2) is 16.6. The Kier molecular flexibility index (Phi) is 13.6. The molecule has 45 heavy (non-hydrogen) atoms. The van der Waals surface area contributed by atoms with Gasteiger partial charge in [0.05, 0.1) is 41.0 Å². The molecule has 2 amide bonds. The van der Waals surface area contributed by atoms with Crippen LogP contribution in [0.2, 0.25) is 0 Å².